The Morgan fingerprint density at radius 3 is 2.80 bits per heavy atom. The van der Waals surface area contributed by atoms with E-state index in [1.54, 1.807) is 6.07 Å². The minimum atomic E-state index is 0.572. The molecule has 2 nitrogen and oxygen atoms in total. The van der Waals surface area contributed by atoms with E-state index in [1.165, 1.54) is 12.8 Å². The van der Waals surface area contributed by atoms with Crippen molar-refractivity contribution >= 4 is 17.3 Å². The van der Waals surface area contributed by atoms with E-state index in [0.717, 1.165) is 18.6 Å². The molecule has 0 fully saturated rings. The van der Waals surface area contributed by atoms with E-state index in [1.807, 2.05) is 12.1 Å². The molecular weight excluding hydrogens is 210 g/mol. The molecule has 0 aliphatic rings. The van der Waals surface area contributed by atoms with Crippen LogP contribution in [0.2, 0.25) is 5.02 Å². The zero-order valence-corrected chi connectivity index (χ0v) is 9.89. The van der Waals surface area contributed by atoms with Crippen molar-refractivity contribution in [1.82, 2.24) is 0 Å². The van der Waals surface area contributed by atoms with Crippen LogP contribution in [-0.2, 0) is 11.3 Å². The number of ether oxygens (including phenoxy) is 1. The molecule has 1 rings (SSSR count). The van der Waals surface area contributed by atoms with Crippen LogP contribution in [0.4, 0.5) is 5.69 Å². The van der Waals surface area contributed by atoms with Gasteiger partial charge in [0.1, 0.15) is 0 Å². The first-order valence-electron chi connectivity index (χ1n) is 5.35. The van der Waals surface area contributed by atoms with Crippen LogP contribution in [0.1, 0.15) is 31.7 Å². The number of hydrogen-bond acceptors (Lipinski definition) is 2. The van der Waals surface area contributed by atoms with Gasteiger partial charge in [-0.25, -0.2) is 0 Å². The molecule has 0 saturated carbocycles. The molecule has 0 aromatic heterocycles. The predicted octanol–water partition coefficient (Wildman–Crippen LogP) is 3.63. The summed E-state index contributed by atoms with van der Waals surface area (Å²) in [4.78, 5) is 0. The van der Waals surface area contributed by atoms with Gasteiger partial charge in [0.2, 0.25) is 0 Å². The molecule has 0 unspecified atom stereocenters. The summed E-state index contributed by atoms with van der Waals surface area (Å²) in [6, 6.07) is 5.51. The highest BCUT2D eigenvalue weighted by molar-refractivity contribution is 6.31. The second-order valence-corrected chi connectivity index (χ2v) is 4.02. The van der Waals surface area contributed by atoms with Gasteiger partial charge in [0.15, 0.2) is 0 Å². The molecule has 1 aromatic rings. The van der Waals surface area contributed by atoms with Crippen molar-refractivity contribution < 1.29 is 4.74 Å². The molecule has 15 heavy (non-hydrogen) atoms. The van der Waals surface area contributed by atoms with Crippen molar-refractivity contribution in [3.63, 3.8) is 0 Å². The zero-order valence-electron chi connectivity index (χ0n) is 9.13. The maximum atomic E-state index is 6.01. The summed E-state index contributed by atoms with van der Waals surface area (Å²) in [5, 5.41) is 0.686. The Morgan fingerprint density at radius 1 is 1.33 bits per heavy atom. The maximum absolute atomic E-state index is 6.01. The lowest BCUT2D eigenvalue weighted by Gasteiger charge is -2.06. The first kappa shape index (κ1) is 12.3. The van der Waals surface area contributed by atoms with Crippen LogP contribution < -0.4 is 5.73 Å². The van der Waals surface area contributed by atoms with E-state index in [4.69, 9.17) is 22.1 Å². The SMILES string of the molecule is CCCCCOCc1ccc(N)cc1Cl. The van der Waals surface area contributed by atoms with Gasteiger partial charge < -0.3 is 10.5 Å². The maximum Gasteiger partial charge on any atom is 0.0731 e. The molecule has 0 saturated heterocycles. The molecule has 84 valence electrons. The van der Waals surface area contributed by atoms with Crippen LogP contribution in [0.5, 0.6) is 0 Å². The van der Waals surface area contributed by atoms with Crippen LogP contribution in [0.15, 0.2) is 18.2 Å². The number of rotatable bonds is 6. The molecular formula is C12H18ClNO. The van der Waals surface area contributed by atoms with Gasteiger partial charge in [-0.2, -0.15) is 0 Å². The first-order valence-corrected chi connectivity index (χ1v) is 5.73. The Morgan fingerprint density at radius 2 is 2.13 bits per heavy atom. The minimum absolute atomic E-state index is 0.572. The lowest BCUT2D eigenvalue weighted by atomic mass is 10.2. The highest BCUT2D eigenvalue weighted by Gasteiger charge is 2.00. The lowest BCUT2D eigenvalue weighted by molar-refractivity contribution is 0.117. The fourth-order valence-electron chi connectivity index (χ4n) is 1.32. The average molecular weight is 228 g/mol. The van der Waals surface area contributed by atoms with Crippen molar-refractivity contribution in [2.45, 2.75) is 32.8 Å². The second-order valence-electron chi connectivity index (χ2n) is 3.61. The van der Waals surface area contributed by atoms with Crippen LogP contribution in [-0.4, -0.2) is 6.61 Å². The Hall–Kier alpha value is -0.730. The molecule has 0 spiro atoms. The number of nitrogens with two attached hydrogens (primary N) is 1. The highest BCUT2D eigenvalue weighted by Crippen LogP contribution is 2.19. The van der Waals surface area contributed by atoms with Crippen molar-refractivity contribution in [3.8, 4) is 0 Å². The molecule has 1 aromatic carbocycles. The van der Waals surface area contributed by atoms with Gasteiger partial charge in [-0.05, 0) is 24.1 Å². The summed E-state index contributed by atoms with van der Waals surface area (Å²) in [5.74, 6) is 0. The Kier molecular flexibility index (Phi) is 5.51. The number of anilines is 1. The van der Waals surface area contributed by atoms with E-state index in [-0.39, 0.29) is 0 Å². The monoisotopic (exact) mass is 227 g/mol. The van der Waals surface area contributed by atoms with Crippen LogP contribution in [0.3, 0.4) is 0 Å². The van der Waals surface area contributed by atoms with Crippen molar-refractivity contribution in [2.75, 3.05) is 12.3 Å². The Bertz CT molecular complexity index is 302. The summed E-state index contributed by atoms with van der Waals surface area (Å²) >= 11 is 6.01. The second kappa shape index (κ2) is 6.70. The van der Waals surface area contributed by atoms with Crippen molar-refractivity contribution in [2.24, 2.45) is 0 Å². The molecule has 0 heterocycles. The third-order valence-electron chi connectivity index (χ3n) is 2.23. The van der Waals surface area contributed by atoms with E-state index in [2.05, 4.69) is 6.92 Å². The summed E-state index contributed by atoms with van der Waals surface area (Å²) in [6.07, 6.45) is 3.55. The Balaban J connectivity index is 2.31. The van der Waals surface area contributed by atoms with Gasteiger partial charge in [-0.15, -0.1) is 0 Å². The highest BCUT2D eigenvalue weighted by atomic mass is 35.5. The van der Waals surface area contributed by atoms with E-state index in [0.29, 0.717) is 17.3 Å². The van der Waals surface area contributed by atoms with Gasteiger partial charge in [-0.3, -0.25) is 0 Å². The number of benzene rings is 1. The normalized spacial score (nSPS) is 10.5. The smallest absolute Gasteiger partial charge is 0.0731 e. The number of hydrogen-bond donors (Lipinski definition) is 1. The van der Waals surface area contributed by atoms with Gasteiger partial charge in [-0.1, -0.05) is 37.4 Å². The van der Waals surface area contributed by atoms with E-state index >= 15 is 0 Å². The molecule has 0 amide bonds. The molecule has 0 aliphatic heterocycles. The van der Waals surface area contributed by atoms with Crippen LogP contribution in [0, 0.1) is 0 Å². The molecule has 0 bridgehead atoms. The fraction of sp³-hybridized carbons (Fsp3) is 0.500. The molecule has 0 aliphatic carbocycles. The van der Waals surface area contributed by atoms with Crippen LogP contribution >= 0.6 is 11.6 Å². The molecule has 0 radical (unpaired) electrons. The first-order chi connectivity index (χ1) is 7.24. The summed E-state index contributed by atoms with van der Waals surface area (Å²) in [6.45, 7) is 3.55. The van der Waals surface area contributed by atoms with E-state index < -0.39 is 0 Å². The largest absolute Gasteiger partial charge is 0.399 e. The van der Waals surface area contributed by atoms with Crippen LogP contribution in [0.25, 0.3) is 0 Å². The number of halogens is 1. The summed E-state index contributed by atoms with van der Waals surface area (Å²) in [5.41, 5.74) is 7.29. The summed E-state index contributed by atoms with van der Waals surface area (Å²) in [7, 11) is 0. The van der Waals surface area contributed by atoms with Crippen molar-refractivity contribution in [1.29, 1.82) is 0 Å². The molecule has 3 heteroatoms. The van der Waals surface area contributed by atoms with Crippen molar-refractivity contribution in [3.05, 3.63) is 28.8 Å². The fourth-order valence-corrected chi connectivity index (χ4v) is 1.56. The lowest BCUT2D eigenvalue weighted by Crippen LogP contribution is -1.97. The van der Waals surface area contributed by atoms with Gasteiger partial charge in [0.25, 0.3) is 0 Å². The topological polar surface area (TPSA) is 35.2 Å². The van der Waals surface area contributed by atoms with Gasteiger partial charge in [0, 0.05) is 17.3 Å². The van der Waals surface area contributed by atoms with Gasteiger partial charge >= 0.3 is 0 Å². The van der Waals surface area contributed by atoms with Gasteiger partial charge in [0.05, 0.1) is 6.61 Å². The molecule has 2 N–H and O–H groups in total. The number of nitrogen functional groups attached to an aromatic ring is 1. The minimum Gasteiger partial charge on any atom is -0.399 e. The third-order valence-corrected chi connectivity index (χ3v) is 2.58. The zero-order chi connectivity index (χ0) is 11.1. The predicted molar refractivity (Wildman–Crippen MR) is 65.0 cm³/mol. The Labute approximate surface area is 96.4 Å². The third kappa shape index (κ3) is 4.54. The average Bonchev–Trinajstić information content (AvgIpc) is 2.20. The number of unbranched alkanes of at least 4 members (excludes halogenated alkanes) is 2. The standard InChI is InChI=1S/C12H18ClNO/c1-2-3-4-7-15-9-10-5-6-11(14)8-12(10)13/h5-6,8H,2-4,7,9,14H2,1H3. The molecule has 0 atom stereocenters. The quantitative estimate of drug-likeness (QED) is 0.595. The van der Waals surface area contributed by atoms with E-state index in [9.17, 15) is 0 Å². The summed E-state index contributed by atoms with van der Waals surface area (Å²) < 4.78 is 5.52.